The van der Waals surface area contributed by atoms with Gasteiger partial charge in [0, 0.05) is 11.3 Å². The third-order valence-electron chi connectivity index (χ3n) is 3.55. The van der Waals surface area contributed by atoms with E-state index >= 15 is 0 Å². The second-order valence-corrected chi connectivity index (χ2v) is 5.22. The van der Waals surface area contributed by atoms with E-state index < -0.39 is 5.97 Å². The molecule has 0 radical (unpaired) electrons. The molecule has 2 aromatic rings. The number of carbonyl (C=O) groups excluding carboxylic acids is 1. The van der Waals surface area contributed by atoms with Crippen molar-refractivity contribution in [3.8, 4) is 5.75 Å². The molecule has 0 spiro atoms. The average Bonchev–Trinajstić information content (AvgIpc) is 2.52. The monoisotopic (exact) mass is 313 g/mol. The maximum absolute atomic E-state index is 12.3. The lowest BCUT2D eigenvalue weighted by molar-refractivity contribution is -0.137. The Morgan fingerprint density at radius 2 is 1.78 bits per heavy atom. The second-order valence-electron chi connectivity index (χ2n) is 5.22. The molecular formula is C18H19NO4. The number of hydrogen-bond donors (Lipinski definition) is 2. The number of benzene rings is 2. The van der Waals surface area contributed by atoms with E-state index in [-0.39, 0.29) is 18.9 Å². The molecule has 1 amide bonds. The van der Waals surface area contributed by atoms with Crippen LogP contribution in [-0.4, -0.2) is 23.6 Å². The molecule has 0 bridgehead atoms. The van der Waals surface area contributed by atoms with Crippen LogP contribution in [0.5, 0.6) is 5.75 Å². The van der Waals surface area contributed by atoms with Gasteiger partial charge in [0.2, 0.25) is 0 Å². The molecule has 0 saturated heterocycles. The van der Waals surface area contributed by atoms with E-state index in [1.807, 2.05) is 32.0 Å². The van der Waals surface area contributed by atoms with E-state index in [0.717, 1.165) is 16.8 Å². The summed E-state index contributed by atoms with van der Waals surface area (Å²) in [5.74, 6) is -0.570. The summed E-state index contributed by atoms with van der Waals surface area (Å²) in [7, 11) is 0. The molecule has 0 saturated carbocycles. The zero-order valence-electron chi connectivity index (χ0n) is 13.1. The van der Waals surface area contributed by atoms with Gasteiger partial charge in [-0.25, -0.2) is 0 Å². The van der Waals surface area contributed by atoms with Crippen molar-refractivity contribution in [2.45, 2.75) is 20.3 Å². The number of aliphatic carboxylic acids is 1. The first-order chi connectivity index (χ1) is 11.0. The fourth-order valence-electron chi connectivity index (χ4n) is 2.04. The van der Waals surface area contributed by atoms with Gasteiger partial charge in [0.15, 0.2) is 0 Å². The largest absolute Gasteiger partial charge is 0.493 e. The van der Waals surface area contributed by atoms with Crippen molar-refractivity contribution >= 4 is 17.6 Å². The van der Waals surface area contributed by atoms with Crippen LogP contribution in [0.15, 0.2) is 42.5 Å². The van der Waals surface area contributed by atoms with Gasteiger partial charge in [-0.3, -0.25) is 9.59 Å². The maximum Gasteiger partial charge on any atom is 0.306 e. The lowest BCUT2D eigenvalue weighted by atomic mass is 10.1. The van der Waals surface area contributed by atoms with Gasteiger partial charge in [-0.2, -0.15) is 0 Å². The first-order valence-corrected chi connectivity index (χ1v) is 7.29. The van der Waals surface area contributed by atoms with Crippen molar-refractivity contribution < 1.29 is 19.4 Å². The molecule has 0 aromatic heterocycles. The second kappa shape index (κ2) is 7.45. The Balaban J connectivity index is 2.00. The van der Waals surface area contributed by atoms with Crippen molar-refractivity contribution in [3.05, 3.63) is 59.2 Å². The maximum atomic E-state index is 12.3. The van der Waals surface area contributed by atoms with Crippen LogP contribution in [0.2, 0.25) is 0 Å². The predicted octanol–water partition coefficient (Wildman–Crippen LogP) is 3.41. The molecule has 2 aromatic carbocycles. The van der Waals surface area contributed by atoms with Gasteiger partial charge in [-0.1, -0.05) is 12.1 Å². The first kappa shape index (κ1) is 16.5. The van der Waals surface area contributed by atoms with E-state index in [0.29, 0.717) is 11.3 Å². The summed E-state index contributed by atoms with van der Waals surface area (Å²) >= 11 is 0. The quantitative estimate of drug-likeness (QED) is 0.857. The molecule has 2 rings (SSSR count). The molecule has 0 unspecified atom stereocenters. The van der Waals surface area contributed by atoms with Crippen molar-refractivity contribution in [2.24, 2.45) is 0 Å². The summed E-state index contributed by atoms with van der Waals surface area (Å²) in [6.45, 7) is 4.06. The lowest BCUT2D eigenvalue weighted by Gasteiger charge is -2.11. The number of carboxylic acid groups (broad SMARTS) is 1. The predicted molar refractivity (Wildman–Crippen MR) is 88.1 cm³/mol. The Bertz CT molecular complexity index is 707. The van der Waals surface area contributed by atoms with Crippen molar-refractivity contribution in [2.75, 3.05) is 11.9 Å². The minimum absolute atomic E-state index is 0.0606. The molecule has 0 aliphatic heterocycles. The molecule has 5 nitrogen and oxygen atoms in total. The summed E-state index contributed by atoms with van der Waals surface area (Å²) in [4.78, 5) is 22.7. The van der Waals surface area contributed by atoms with Crippen LogP contribution in [0.1, 0.15) is 27.9 Å². The van der Waals surface area contributed by atoms with Crippen molar-refractivity contribution in [3.63, 3.8) is 0 Å². The van der Waals surface area contributed by atoms with Crippen LogP contribution >= 0.6 is 0 Å². The highest BCUT2D eigenvalue weighted by Gasteiger charge is 2.09. The number of carbonyl (C=O) groups is 2. The van der Waals surface area contributed by atoms with Gasteiger partial charge in [0.1, 0.15) is 5.75 Å². The number of rotatable bonds is 6. The number of aryl methyl sites for hydroxylation is 1. The van der Waals surface area contributed by atoms with Gasteiger partial charge in [0.05, 0.1) is 13.0 Å². The molecule has 0 fully saturated rings. The van der Waals surface area contributed by atoms with E-state index in [9.17, 15) is 9.59 Å². The van der Waals surface area contributed by atoms with E-state index in [1.54, 1.807) is 24.3 Å². The summed E-state index contributed by atoms with van der Waals surface area (Å²) < 4.78 is 5.29. The van der Waals surface area contributed by atoms with Gasteiger partial charge in [-0.05, 0) is 55.3 Å². The van der Waals surface area contributed by atoms with Crippen LogP contribution < -0.4 is 10.1 Å². The number of nitrogens with one attached hydrogen (secondary N) is 1. The number of carboxylic acids is 1. The number of ether oxygens (including phenoxy) is 1. The Hall–Kier alpha value is -2.82. The Morgan fingerprint density at radius 3 is 2.43 bits per heavy atom. The van der Waals surface area contributed by atoms with E-state index in [1.165, 1.54) is 0 Å². The van der Waals surface area contributed by atoms with Gasteiger partial charge in [0.25, 0.3) is 5.91 Å². The van der Waals surface area contributed by atoms with Crippen LogP contribution in [0.4, 0.5) is 5.69 Å². The fraction of sp³-hybridized carbons (Fsp3) is 0.222. The van der Waals surface area contributed by atoms with Crippen LogP contribution in [0.25, 0.3) is 0 Å². The molecular weight excluding hydrogens is 294 g/mol. The molecule has 120 valence electrons. The van der Waals surface area contributed by atoms with Crippen LogP contribution in [0.3, 0.4) is 0 Å². The zero-order valence-corrected chi connectivity index (χ0v) is 13.1. The van der Waals surface area contributed by atoms with Gasteiger partial charge >= 0.3 is 5.97 Å². The highest BCUT2D eigenvalue weighted by molar-refractivity contribution is 6.04. The summed E-state index contributed by atoms with van der Waals surface area (Å²) in [6.07, 6.45) is -0.0606. The normalized spacial score (nSPS) is 10.2. The molecule has 0 aliphatic carbocycles. The molecule has 5 heteroatoms. The van der Waals surface area contributed by atoms with E-state index in [4.69, 9.17) is 9.84 Å². The lowest BCUT2D eigenvalue weighted by Crippen LogP contribution is -2.13. The number of anilines is 1. The topological polar surface area (TPSA) is 75.6 Å². The third-order valence-corrected chi connectivity index (χ3v) is 3.55. The zero-order chi connectivity index (χ0) is 16.8. The molecule has 0 heterocycles. The fourth-order valence-corrected chi connectivity index (χ4v) is 2.04. The standard InChI is InChI=1S/C18H19NO4/c1-12-4-3-5-16(13(12)2)19-18(22)14-6-8-15(9-7-14)23-11-10-17(20)21/h3-9H,10-11H2,1-2H3,(H,19,22)(H,20,21). The highest BCUT2D eigenvalue weighted by Crippen LogP contribution is 2.19. The van der Waals surface area contributed by atoms with Crippen LogP contribution in [0, 0.1) is 13.8 Å². The molecule has 23 heavy (non-hydrogen) atoms. The summed E-state index contributed by atoms with van der Waals surface area (Å²) in [5, 5.41) is 11.4. The summed E-state index contributed by atoms with van der Waals surface area (Å²) in [5.41, 5.74) is 3.45. The molecule has 0 atom stereocenters. The van der Waals surface area contributed by atoms with Gasteiger partial charge in [-0.15, -0.1) is 0 Å². The van der Waals surface area contributed by atoms with E-state index in [2.05, 4.69) is 5.32 Å². The van der Waals surface area contributed by atoms with Crippen LogP contribution in [-0.2, 0) is 4.79 Å². The average molecular weight is 313 g/mol. The smallest absolute Gasteiger partial charge is 0.306 e. The first-order valence-electron chi connectivity index (χ1n) is 7.29. The summed E-state index contributed by atoms with van der Waals surface area (Å²) in [6, 6.07) is 12.4. The third kappa shape index (κ3) is 4.57. The Morgan fingerprint density at radius 1 is 1.09 bits per heavy atom. The van der Waals surface area contributed by atoms with Crippen molar-refractivity contribution in [1.82, 2.24) is 0 Å². The SMILES string of the molecule is Cc1cccc(NC(=O)c2ccc(OCCC(=O)O)cc2)c1C. The Kier molecular flexibility index (Phi) is 5.36. The Labute approximate surface area is 134 Å². The minimum Gasteiger partial charge on any atom is -0.493 e. The number of hydrogen-bond acceptors (Lipinski definition) is 3. The van der Waals surface area contributed by atoms with Gasteiger partial charge < -0.3 is 15.2 Å². The number of amides is 1. The molecule has 2 N–H and O–H groups in total. The van der Waals surface area contributed by atoms with Crippen molar-refractivity contribution in [1.29, 1.82) is 0 Å². The highest BCUT2D eigenvalue weighted by atomic mass is 16.5. The molecule has 0 aliphatic rings. The minimum atomic E-state index is -0.908.